The van der Waals surface area contributed by atoms with Gasteiger partial charge in [-0.3, -0.25) is 4.79 Å². The van der Waals surface area contributed by atoms with Crippen LogP contribution in [0.1, 0.15) is 11.1 Å². The van der Waals surface area contributed by atoms with Crippen molar-refractivity contribution in [2.75, 3.05) is 0 Å². The Morgan fingerprint density at radius 1 is 0.900 bits per heavy atom. The predicted molar refractivity (Wildman–Crippen MR) is 80.3 cm³/mol. The van der Waals surface area contributed by atoms with Gasteiger partial charge in [-0.1, -0.05) is 46.9 Å². The van der Waals surface area contributed by atoms with Crippen molar-refractivity contribution in [1.29, 1.82) is 0 Å². The Labute approximate surface area is 131 Å². The van der Waals surface area contributed by atoms with Crippen LogP contribution in [0.2, 0.25) is 15.1 Å². The maximum atomic E-state index is 12.9. The molecule has 0 aliphatic heterocycles. The molecule has 0 amide bonds. The van der Waals surface area contributed by atoms with Crippen LogP contribution in [-0.2, 0) is 17.6 Å². The topological polar surface area (TPSA) is 17.1 Å². The molecule has 0 aromatic heterocycles. The molecule has 0 N–H and O–H groups in total. The maximum Gasteiger partial charge on any atom is 0.141 e. The molecule has 0 fully saturated rings. The first kappa shape index (κ1) is 15.3. The van der Waals surface area contributed by atoms with Crippen molar-refractivity contribution in [2.24, 2.45) is 0 Å². The van der Waals surface area contributed by atoms with Gasteiger partial charge in [0.15, 0.2) is 0 Å². The van der Waals surface area contributed by atoms with Crippen molar-refractivity contribution in [3.8, 4) is 0 Å². The zero-order chi connectivity index (χ0) is 14.7. The third-order valence-electron chi connectivity index (χ3n) is 2.79. The second kappa shape index (κ2) is 6.57. The smallest absolute Gasteiger partial charge is 0.141 e. The standard InChI is InChI=1S/C15H10Cl3FO/c16-13-4-1-9(6-15(13)18)5-12(20)7-10-2-3-11(19)8-14(10)17/h1-4,6,8H,5,7H2. The van der Waals surface area contributed by atoms with E-state index in [4.69, 9.17) is 34.8 Å². The molecule has 0 unspecified atom stereocenters. The Bertz CT molecular complexity index is 656. The minimum Gasteiger partial charge on any atom is -0.299 e. The summed E-state index contributed by atoms with van der Waals surface area (Å²) < 4.78 is 12.9. The van der Waals surface area contributed by atoms with E-state index >= 15 is 0 Å². The van der Waals surface area contributed by atoms with Crippen LogP contribution in [0, 0.1) is 5.82 Å². The molecular formula is C15H10Cl3FO. The van der Waals surface area contributed by atoms with Crippen molar-refractivity contribution in [1.82, 2.24) is 0 Å². The van der Waals surface area contributed by atoms with Crippen molar-refractivity contribution in [3.63, 3.8) is 0 Å². The maximum absolute atomic E-state index is 12.9. The Kier molecular flexibility index (Phi) is 5.03. The number of carbonyl (C=O) groups excluding carboxylic acids is 1. The molecule has 2 rings (SSSR count). The van der Waals surface area contributed by atoms with E-state index in [1.807, 2.05) is 0 Å². The zero-order valence-corrected chi connectivity index (χ0v) is 12.6. The van der Waals surface area contributed by atoms with Crippen molar-refractivity contribution in [3.05, 3.63) is 68.4 Å². The van der Waals surface area contributed by atoms with Gasteiger partial charge in [0.25, 0.3) is 0 Å². The van der Waals surface area contributed by atoms with E-state index in [0.717, 1.165) is 5.56 Å². The lowest BCUT2D eigenvalue weighted by atomic mass is 10.0. The van der Waals surface area contributed by atoms with Gasteiger partial charge in [0, 0.05) is 17.9 Å². The average Bonchev–Trinajstić information content (AvgIpc) is 2.37. The molecule has 0 aliphatic carbocycles. The van der Waals surface area contributed by atoms with Gasteiger partial charge in [0.1, 0.15) is 11.6 Å². The highest BCUT2D eigenvalue weighted by atomic mass is 35.5. The van der Waals surface area contributed by atoms with Gasteiger partial charge in [-0.2, -0.15) is 0 Å². The molecule has 0 heterocycles. The van der Waals surface area contributed by atoms with Gasteiger partial charge in [-0.25, -0.2) is 4.39 Å². The average molecular weight is 332 g/mol. The first-order valence-electron chi connectivity index (χ1n) is 5.85. The van der Waals surface area contributed by atoms with E-state index in [2.05, 4.69) is 0 Å². The molecule has 5 heteroatoms. The number of halogens is 4. The van der Waals surface area contributed by atoms with Gasteiger partial charge >= 0.3 is 0 Å². The van der Waals surface area contributed by atoms with E-state index < -0.39 is 5.82 Å². The Hall–Kier alpha value is -1.09. The summed E-state index contributed by atoms with van der Waals surface area (Å²) in [6, 6.07) is 9.06. The van der Waals surface area contributed by atoms with Crippen LogP contribution in [0.15, 0.2) is 36.4 Å². The van der Waals surface area contributed by atoms with Crippen LogP contribution in [0.25, 0.3) is 0 Å². The van der Waals surface area contributed by atoms with Gasteiger partial charge in [0.05, 0.1) is 10.0 Å². The molecule has 0 saturated heterocycles. The predicted octanol–water partition coefficient (Wildman–Crippen LogP) is 5.14. The summed E-state index contributed by atoms with van der Waals surface area (Å²) in [5.41, 5.74) is 1.39. The Morgan fingerprint density at radius 3 is 2.30 bits per heavy atom. The molecule has 1 nitrogen and oxygen atoms in total. The summed E-state index contributed by atoms with van der Waals surface area (Å²) in [7, 11) is 0. The molecule has 2 aromatic carbocycles. The third-order valence-corrected chi connectivity index (χ3v) is 3.88. The highest BCUT2D eigenvalue weighted by Gasteiger charge is 2.10. The molecule has 0 saturated carbocycles. The fourth-order valence-corrected chi connectivity index (χ4v) is 2.37. The van der Waals surface area contributed by atoms with E-state index in [-0.39, 0.29) is 23.6 Å². The summed E-state index contributed by atoms with van der Waals surface area (Å²) >= 11 is 17.6. The van der Waals surface area contributed by atoms with Crippen LogP contribution in [-0.4, -0.2) is 5.78 Å². The first-order valence-corrected chi connectivity index (χ1v) is 6.98. The third kappa shape index (κ3) is 3.95. The van der Waals surface area contributed by atoms with E-state index in [0.29, 0.717) is 15.6 Å². The lowest BCUT2D eigenvalue weighted by Crippen LogP contribution is -2.07. The van der Waals surface area contributed by atoms with Crippen LogP contribution < -0.4 is 0 Å². The minimum absolute atomic E-state index is 0.0307. The van der Waals surface area contributed by atoms with Gasteiger partial charge in [-0.15, -0.1) is 0 Å². The second-order valence-electron chi connectivity index (χ2n) is 4.38. The summed E-state index contributed by atoms with van der Waals surface area (Å²) in [5.74, 6) is -0.451. The number of hydrogen-bond donors (Lipinski definition) is 0. The largest absolute Gasteiger partial charge is 0.299 e. The highest BCUT2D eigenvalue weighted by Crippen LogP contribution is 2.23. The van der Waals surface area contributed by atoms with E-state index in [9.17, 15) is 9.18 Å². The fraction of sp³-hybridized carbons (Fsp3) is 0.133. The molecule has 2 aromatic rings. The zero-order valence-electron chi connectivity index (χ0n) is 10.3. The van der Waals surface area contributed by atoms with Crippen LogP contribution in [0.3, 0.4) is 0 Å². The fourth-order valence-electron chi connectivity index (χ4n) is 1.82. The number of benzene rings is 2. The van der Waals surface area contributed by atoms with Crippen LogP contribution >= 0.6 is 34.8 Å². The van der Waals surface area contributed by atoms with Gasteiger partial charge in [-0.05, 0) is 35.4 Å². The summed E-state index contributed by atoms with van der Waals surface area (Å²) in [5, 5.41) is 1.12. The molecule has 0 atom stereocenters. The summed E-state index contributed by atoms with van der Waals surface area (Å²) in [6.07, 6.45) is 0.379. The second-order valence-corrected chi connectivity index (χ2v) is 5.60. The number of ketones is 1. The molecule has 0 aliphatic rings. The highest BCUT2D eigenvalue weighted by molar-refractivity contribution is 6.42. The Balaban J connectivity index is 2.07. The van der Waals surface area contributed by atoms with Crippen molar-refractivity contribution in [2.45, 2.75) is 12.8 Å². The number of rotatable bonds is 4. The van der Waals surface area contributed by atoms with Gasteiger partial charge in [0.2, 0.25) is 0 Å². The van der Waals surface area contributed by atoms with E-state index in [1.54, 1.807) is 18.2 Å². The minimum atomic E-state index is -0.421. The normalized spacial score (nSPS) is 10.6. The SMILES string of the molecule is O=C(Cc1ccc(Cl)c(Cl)c1)Cc1ccc(F)cc1Cl. The number of carbonyl (C=O) groups is 1. The molecule has 0 bridgehead atoms. The van der Waals surface area contributed by atoms with E-state index in [1.165, 1.54) is 18.2 Å². The number of hydrogen-bond acceptors (Lipinski definition) is 1. The van der Waals surface area contributed by atoms with Crippen molar-refractivity contribution < 1.29 is 9.18 Å². The lowest BCUT2D eigenvalue weighted by Gasteiger charge is -2.05. The summed E-state index contributed by atoms with van der Waals surface area (Å²) in [6.45, 7) is 0. The molecule has 104 valence electrons. The number of Topliss-reactive ketones (excluding diaryl/α,β-unsaturated/α-hetero) is 1. The van der Waals surface area contributed by atoms with Crippen LogP contribution in [0.5, 0.6) is 0 Å². The van der Waals surface area contributed by atoms with Gasteiger partial charge < -0.3 is 0 Å². The first-order chi connectivity index (χ1) is 9.45. The lowest BCUT2D eigenvalue weighted by molar-refractivity contribution is -0.117. The molecule has 0 spiro atoms. The molecule has 0 radical (unpaired) electrons. The monoisotopic (exact) mass is 330 g/mol. The van der Waals surface area contributed by atoms with Crippen LogP contribution in [0.4, 0.5) is 4.39 Å². The van der Waals surface area contributed by atoms with Crippen molar-refractivity contribution >= 4 is 40.6 Å². The molecular weight excluding hydrogens is 322 g/mol. The Morgan fingerprint density at radius 2 is 1.65 bits per heavy atom. The summed E-state index contributed by atoms with van der Waals surface area (Å²) in [4.78, 5) is 12.0. The molecule has 20 heavy (non-hydrogen) atoms. The quantitative estimate of drug-likeness (QED) is 0.758.